The average molecular weight is 259 g/mol. The van der Waals surface area contributed by atoms with Gasteiger partial charge in [-0.1, -0.05) is 65.7 Å². The van der Waals surface area contributed by atoms with Crippen LogP contribution in [0.2, 0.25) is 0 Å². The minimum Gasteiger partial charge on any atom is -0.550 e. The van der Waals surface area contributed by atoms with Crippen molar-refractivity contribution in [2.24, 2.45) is 5.41 Å². The van der Waals surface area contributed by atoms with Crippen LogP contribution in [0.5, 0.6) is 0 Å². The molecule has 0 saturated carbocycles. The van der Waals surface area contributed by atoms with Crippen LogP contribution in [-0.2, 0) is 4.79 Å². The lowest BCUT2D eigenvalue weighted by molar-refractivity contribution is -0.305. The zero-order valence-corrected chi connectivity index (χ0v) is 12.9. The predicted molar refractivity (Wildman–Crippen MR) is 76.6 cm³/mol. The SMILES string of the molecule is CCC(CC)(CC)CCCCCCCC(=O)[O-].[NH4+]. The van der Waals surface area contributed by atoms with Crippen molar-refractivity contribution < 1.29 is 9.90 Å². The summed E-state index contributed by atoms with van der Waals surface area (Å²) in [6.45, 7) is 6.90. The van der Waals surface area contributed by atoms with Crippen molar-refractivity contribution in [3.05, 3.63) is 0 Å². The molecule has 0 heterocycles. The van der Waals surface area contributed by atoms with Gasteiger partial charge in [-0.2, -0.15) is 0 Å². The van der Waals surface area contributed by atoms with Crippen LogP contribution in [0.3, 0.4) is 0 Å². The van der Waals surface area contributed by atoms with Crippen molar-refractivity contribution in [1.29, 1.82) is 0 Å². The molecule has 0 aliphatic heterocycles. The van der Waals surface area contributed by atoms with Crippen molar-refractivity contribution in [2.75, 3.05) is 0 Å². The van der Waals surface area contributed by atoms with Crippen LogP contribution < -0.4 is 11.3 Å². The zero-order valence-electron chi connectivity index (χ0n) is 12.9. The molecule has 0 radical (unpaired) electrons. The van der Waals surface area contributed by atoms with Gasteiger partial charge in [0.2, 0.25) is 0 Å². The number of hydrogen-bond donors (Lipinski definition) is 1. The molecule has 0 fully saturated rings. The Morgan fingerprint density at radius 1 is 0.889 bits per heavy atom. The van der Waals surface area contributed by atoms with Gasteiger partial charge in [-0.25, -0.2) is 0 Å². The Bertz CT molecular complexity index is 192. The highest BCUT2D eigenvalue weighted by Gasteiger charge is 2.22. The molecular formula is C15H33NO2. The number of unbranched alkanes of at least 4 members (excludes halogenated alkanes) is 4. The van der Waals surface area contributed by atoms with Gasteiger partial charge < -0.3 is 16.1 Å². The van der Waals surface area contributed by atoms with E-state index in [4.69, 9.17) is 0 Å². The molecule has 18 heavy (non-hydrogen) atoms. The third kappa shape index (κ3) is 8.51. The predicted octanol–water partition coefficient (Wildman–Crippen LogP) is 4.06. The second-order valence-corrected chi connectivity index (χ2v) is 5.20. The van der Waals surface area contributed by atoms with Crippen LogP contribution in [0.1, 0.15) is 85.0 Å². The molecule has 0 spiro atoms. The highest BCUT2D eigenvalue weighted by Crippen LogP contribution is 2.36. The summed E-state index contributed by atoms with van der Waals surface area (Å²) < 4.78 is 0. The molecule has 0 aromatic heterocycles. The minimum absolute atomic E-state index is 0. The number of carboxylic acids is 1. The van der Waals surface area contributed by atoms with Gasteiger partial charge in [-0.15, -0.1) is 0 Å². The van der Waals surface area contributed by atoms with E-state index < -0.39 is 5.97 Å². The summed E-state index contributed by atoms with van der Waals surface area (Å²) in [6.07, 6.45) is 10.9. The van der Waals surface area contributed by atoms with Crippen LogP contribution in [-0.4, -0.2) is 5.97 Å². The fourth-order valence-corrected chi connectivity index (χ4v) is 2.58. The summed E-state index contributed by atoms with van der Waals surface area (Å²) in [5, 5.41) is 10.2. The van der Waals surface area contributed by atoms with Crippen molar-refractivity contribution in [2.45, 2.75) is 85.0 Å². The lowest BCUT2D eigenvalue weighted by Crippen LogP contribution is -2.21. The molecule has 3 heteroatoms. The minimum atomic E-state index is -0.910. The highest BCUT2D eigenvalue weighted by atomic mass is 16.4. The Morgan fingerprint density at radius 3 is 1.78 bits per heavy atom. The molecule has 0 unspecified atom stereocenters. The van der Waals surface area contributed by atoms with Crippen LogP contribution in [0, 0.1) is 5.41 Å². The van der Waals surface area contributed by atoms with E-state index in [9.17, 15) is 9.90 Å². The Hall–Kier alpha value is -0.570. The molecule has 3 nitrogen and oxygen atoms in total. The van der Waals surface area contributed by atoms with E-state index in [1.54, 1.807) is 0 Å². The largest absolute Gasteiger partial charge is 0.550 e. The first-order valence-electron chi connectivity index (χ1n) is 7.30. The van der Waals surface area contributed by atoms with Crippen LogP contribution in [0.25, 0.3) is 0 Å². The molecular weight excluding hydrogens is 226 g/mol. The molecule has 0 aliphatic carbocycles. The van der Waals surface area contributed by atoms with Gasteiger partial charge >= 0.3 is 0 Å². The van der Waals surface area contributed by atoms with Crippen LogP contribution >= 0.6 is 0 Å². The maximum Gasteiger partial charge on any atom is 0.0414 e. The number of hydrogen-bond acceptors (Lipinski definition) is 2. The van der Waals surface area contributed by atoms with Gasteiger partial charge in [-0.3, -0.25) is 0 Å². The number of carboxylic acid groups (broad SMARTS) is 1. The third-order valence-corrected chi connectivity index (χ3v) is 4.34. The Balaban J connectivity index is 0. The van der Waals surface area contributed by atoms with Crippen LogP contribution in [0.4, 0.5) is 0 Å². The van der Waals surface area contributed by atoms with Gasteiger partial charge in [0.1, 0.15) is 0 Å². The first-order valence-corrected chi connectivity index (χ1v) is 7.30. The smallest absolute Gasteiger partial charge is 0.0414 e. The molecule has 0 amide bonds. The van der Waals surface area contributed by atoms with Gasteiger partial charge in [-0.05, 0) is 24.7 Å². The summed E-state index contributed by atoms with van der Waals surface area (Å²) >= 11 is 0. The maximum atomic E-state index is 10.2. The van der Waals surface area contributed by atoms with E-state index in [1.165, 1.54) is 44.9 Å². The summed E-state index contributed by atoms with van der Waals surface area (Å²) in [7, 11) is 0. The molecule has 0 aliphatic rings. The molecule has 0 aromatic carbocycles. The van der Waals surface area contributed by atoms with Gasteiger partial charge in [0.05, 0.1) is 0 Å². The van der Waals surface area contributed by atoms with Crippen molar-refractivity contribution in [3.63, 3.8) is 0 Å². The molecule has 0 bridgehead atoms. The summed E-state index contributed by atoms with van der Waals surface area (Å²) in [5.74, 6) is -0.910. The molecule has 0 saturated heterocycles. The number of aliphatic carboxylic acids is 1. The third-order valence-electron chi connectivity index (χ3n) is 4.34. The van der Waals surface area contributed by atoms with Crippen molar-refractivity contribution >= 4 is 5.97 Å². The standard InChI is InChI=1S/C15H30O2.H3N/c1-4-15(5-2,6-3)13-11-9-7-8-10-12-14(16)17;/h4-13H2,1-3H3,(H,16,17);1H3. The van der Waals surface area contributed by atoms with Gasteiger partial charge in [0.15, 0.2) is 0 Å². The van der Waals surface area contributed by atoms with E-state index in [0.717, 1.165) is 12.8 Å². The van der Waals surface area contributed by atoms with Gasteiger partial charge in [0.25, 0.3) is 0 Å². The fourth-order valence-electron chi connectivity index (χ4n) is 2.58. The van der Waals surface area contributed by atoms with Crippen molar-refractivity contribution in [1.82, 2.24) is 6.15 Å². The molecule has 4 N–H and O–H groups in total. The van der Waals surface area contributed by atoms with Crippen molar-refractivity contribution in [3.8, 4) is 0 Å². The normalized spacial score (nSPS) is 11.1. The Labute approximate surface area is 113 Å². The second kappa shape index (κ2) is 11.5. The molecule has 0 rings (SSSR count). The second-order valence-electron chi connectivity index (χ2n) is 5.20. The summed E-state index contributed by atoms with van der Waals surface area (Å²) in [6, 6.07) is 0. The monoisotopic (exact) mass is 259 g/mol. The average Bonchev–Trinajstić information content (AvgIpc) is 2.33. The van der Waals surface area contributed by atoms with E-state index in [2.05, 4.69) is 20.8 Å². The van der Waals surface area contributed by atoms with Gasteiger partial charge in [0, 0.05) is 5.97 Å². The van der Waals surface area contributed by atoms with Crippen LogP contribution in [0.15, 0.2) is 0 Å². The Kier molecular flexibility index (Phi) is 12.6. The highest BCUT2D eigenvalue weighted by molar-refractivity contribution is 5.63. The van der Waals surface area contributed by atoms with E-state index in [-0.39, 0.29) is 12.6 Å². The fraction of sp³-hybridized carbons (Fsp3) is 0.933. The Morgan fingerprint density at radius 2 is 1.33 bits per heavy atom. The van der Waals surface area contributed by atoms with E-state index in [0.29, 0.717) is 5.41 Å². The number of rotatable bonds is 11. The lowest BCUT2D eigenvalue weighted by Gasteiger charge is -2.30. The zero-order chi connectivity index (χ0) is 13.1. The van der Waals surface area contributed by atoms with E-state index in [1.807, 2.05) is 0 Å². The number of carbonyl (C=O) groups excluding carboxylic acids is 1. The maximum absolute atomic E-state index is 10.2. The molecule has 110 valence electrons. The quantitative estimate of drug-likeness (QED) is 0.568. The molecule has 0 aromatic rings. The topological polar surface area (TPSA) is 76.6 Å². The number of carbonyl (C=O) groups is 1. The lowest BCUT2D eigenvalue weighted by atomic mass is 9.75. The van der Waals surface area contributed by atoms with E-state index >= 15 is 0 Å². The summed E-state index contributed by atoms with van der Waals surface area (Å²) in [4.78, 5) is 10.2. The molecule has 0 atom stereocenters. The first kappa shape index (κ1) is 19.8. The number of quaternary nitrogens is 1. The summed E-state index contributed by atoms with van der Waals surface area (Å²) in [5.41, 5.74) is 0.561. The first-order chi connectivity index (χ1) is 8.10.